The second-order valence-electron chi connectivity index (χ2n) is 3.64. The van der Waals surface area contributed by atoms with Gasteiger partial charge in [0.2, 0.25) is 0 Å². The van der Waals surface area contributed by atoms with Crippen LogP contribution in [0.4, 0.5) is 4.39 Å². The molecule has 0 aliphatic heterocycles. The van der Waals surface area contributed by atoms with E-state index in [0.29, 0.717) is 0 Å². The number of hydrogen-bond donors (Lipinski definition) is 1. The first-order valence-electron chi connectivity index (χ1n) is 5.58. The molecule has 0 atom stereocenters. The first-order chi connectivity index (χ1) is 10.0. The highest BCUT2D eigenvalue weighted by Gasteiger charge is 2.16. The summed E-state index contributed by atoms with van der Waals surface area (Å²) < 4.78 is 28.0. The molecule has 1 aromatic carbocycles. The number of benzene rings is 1. The quantitative estimate of drug-likeness (QED) is 0.885. The summed E-state index contributed by atoms with van der Waals surface area (Å²) in [7, 11) is 2.66. The van der Waals surface area contributed by atoms with Crippen LogP contribution in [0.25, 0.3) is 0 Å². The average Bonchev–Trinajstić information content (AvgIpc) is 2.48. The molecular formula is C12H10FN3O5. The van der Waals surface area contributed by atoms with Crippen molar-refractivity contribution in [1.82, 2.24) is 15.0 Å². The lowest BCUT2D eigenvalue weighted by Gasteiger charge is -2.08. The largest absolute Gasteiger partial charge is 0.478 e. The highest BCUT2D eigenvalue weighted by atomic mass is 19.1. The van der Waals surface area contributed by atoms with Crippen LogP contribution in [-0.2, 0) is 0 Å². The molecule has 0 bridgehead atoms. The predicted octanol–water partition coefficient (Wildman–Crippen LogP) is 1.52. The molecule has 0 saturated carbocycles. The number of hydrogen-bond acceptors (Lipinski definition) is 7. The minimum absolute atomic E-state index is 0.0733. The molecule has 0 fully saturated rings. The number of aromatic carboxylic acids is 1. The fourth-order valence-electron chi connectivity index (χ4n) is 1.41. The van der Waals surface area contributed by atoms with Crippen LogP contribution >= 0.6 is 0 Å². The molecule has 2 rings (SSSR count). The second kappa shape index (κ2) is 5.99. The standard InChI is InChI=1S/C12H10FN3O5/c1-19-10-14-11(20-2)16-12(15-10)21-8-4-3-6(13)5-7(8)9(17)18/h3-5H,1-2H3,(H,17,18). The van der Waals surface area contributed by atoms with Crippen LogP contribution in [0.15, 0.2) is 18.2 Å². The molecule has 8 nitrogen and oxygen atoms in total. The van der Waals surface area contributed by atoms with Gasteiger partial charge in [-0.15, -0.1) is 15.0 Å². The SMILES string of the molecule is COc1nc(OC)nc(Oc2ccc(F)cc2C(=O)O)n1. The second-order valence-corrected chi connectivity index (χ2v) is 3.64. The van der Waals surface area contributed by atoms with E-state index in [1.165, 1.54) is 14.2 Å². The number of carbonyl (C=O) groups is 1. The number of methoxy groups -OCH3 is 2. The maximum atomic E-state index is 13.1. The molecule has 2 aromatic rings. The zero-order chi connectivity index (χ0) is 15.4. The number of halogens is 1. The Hall–Kier alpha value is -2.97. The van der Waals surface area contributed by atoms with Gasteiger partial charge in [0.05, 0.1) is 14.2 Å². The highest BCUT2D eigenvalue weighted by Crippen LogP contribution is 2.25. The molecule has 9 heteroatoms. The Balaban J connectivity index is 2.40. The number of carboxylic acids is 1. The Morgan fingerprint density at radius 2 is 1.67 bits per heavy atom. The average molecular weight is 295 g/mol. The molecule has 0 spiro atoms. The van der Waals surface area contributed by atoms with Crippen LogP contribution in [0, 0.1) is 5.82 Å². The van der Waals surface area contributed by atoms with Gasteiger partial charge < -0.3 is 19.3 Å². The summed E-state index contributed by atoms with van der Waals surface area (Å²) in [6.07, 6.45) is 0. The summed E-state index contributed by atoms with van der Waals surface area (Å²) in [6.45, 7) is 0. The third-order valence-electron chi connectivity index (χ3n) is 2.31. The molecule has 0 aliphatic rings. The number of rotatable bonds is 5. The van der Waals surface area contributed by atoms with E-state index in [-0.39, 0.29) is 29.3 Å². The Bertz CT molecular complexity index is 658. The van der Waals surface area contributed by atoms with Crippen molar-refractivity contribution in [2.24, 2.45) is 0 Å². The molecule has 0 aliphatic carbocycles. The van der Waals surface area contributed by atoms with E-state index in [1.807, 2.05) is 0 Å². The third-order valence-corrected chi connectivity index (χ3v) is 2.31. The van der Waals surface area contributed by atoms with Crippen molar-refractivity contribution in [2.75, 3.05) is 14.2 Å². The lowest BCUT2D eigenvalue weighted by atomic mass is 10.2. The van der Waals surface area contributed by atoms with Crippen LogP contribution < -0.4 is 14.2 Å². The van der Waals surface area contributed by atoms with Crippen LogP contribution in [0.5, 0.6) is 23.8 Å². The van der Waals surface area contributed by atoms with E-state index < -0.39 is 11.8 Å². The van der Waals surface area contributed by atoms with E-state index in [1.54, 1.807) is 0 Å². The maximum Gasteiger partial charge on any atom is 0.339 e. The maximum absolute atomic E-state index is 13.1. The van der Waals surface area contributed by atoms with Crippen molar-refractivity contribution in [3.05, 3.63) is 29.6 Å². The molecule has 110 valence electrons. The zero-order valence-corrected chi connectivity index (χ0v) is 11.0. The van der Waals surface area contributed by atoms with Crippen molar-refractivity contribution >= 4 is 5.97 Å². The van der Waals surface area contributed by atoms with Gasteiger partial charge in [-0.2, -0.15) is 0 Å². The topological polar surface area (TPSA) is 104 Å². The molecular weight excluding hydrogens is 285 g/mol. The van der Waals surface area contributed by atoms with E-state index >= 15 is 0 Å². The third kappa shape index (κ3) is 3.32. The Morgan fingerprint density at radius 1 is 1.10 bits per heavy atom. The van der Waals surface area contributed by atoms with Gasteiger partial charge in [-0.1, -0.05) is 0 Å². The summed E-state index contributed by atoms with van der Waals surface area (Å²) >= 11 is 0. The monoisotopic (exact) mass is 295 g/mol. The number of ether oxygens (including phenoxy) is 3. The molecule has 0 amide bonds. The van der Waals surface area contributed by atoms with Crippen molar-refractivity contribution in [3.8, 4) is 23.8 Å². The molecule has 0 unspecified atom stereocenters. The lowest BCUT2D eigenvalue weighted by Crippen LogP contribution is -2.04. The van der Waals surface area contributed by atoms with Gasteiger partial charge in [0.15, 0.2) is 0 Å². The van der Waals surface area contributed by atoms with E-state index in [4.69, 9.17) is 19.3 Å². The molecule has 21 heavy (non-hydrogen) atoms. The summed E-state index contributed by atoms with van der Waals surface area (Å²) in [4.78, 5) is 22.4. The molecule has 0 saturated heterocycles. The van der Waals surface area contributed by atoms with Gasteiger partial charge in [-0.25, -0.2) is 9.18 Å². The molecule has 1 heterocycles. The first-order valence-corrected chi connectivity index (χ1v) is 5.58. The van der Waals surface area contributed by atoms with Gasteiger partial charge >= 0.3 is 24.0 Å². The van der Waals surface area contributed by atoms with Gasteiger partial charge in [0.25, 0.3) is 0 Å². The smallest absolute Gasteiger partial charge is 0.339 e. The normalized spacial score (nSPS) is 10.0. The van der Waals surface area contributed by atoms with Crippen LogP contribution in [0.2, 0.25) is 0 Å². The molecule has 0 radical (unpaired) electrons. The van der Waals surface area contributed by atoms with E-state index in [0.717, 1.165) is 18.2 Å². The Morgan fingerprint density at radius 3 is 2.19 bits per heavy atom. The number of nitrogens with zero attached hydrogens (tertiary/aromatic N) is 3. The van der Waals surface area contributed by atoms with Crippen molar-refractivity contribution in [3.63, 3.8) is 0 Å². The zero-order valence-electron chi connectivity index (χ0n) is 11.0. The first kappa shape index (κ1) is 14.4. The molecule has 1 aromatic heterocycles. The van der Waals surface area contributed by atoms with Crippen molar-refractivity contribution < 1.29 is 28.5 Å². The van der Waals surface area contributed by atoms with Gasteiger partial charge in [0, 0.05) is 0 Å². The van der Waals surface area contributed by atoms with Gasteiger partial charge in [-0.05, 0) is 18.2 Å². The Kier molecular flexibility index (Phi) is 4.12. The van der Waals surface area contributed by atoms with Crippen LogP contribution in [-0.4, -0.2) is 40.2 Å². The summed E-state index contributed by atoms with van der Waals surface area (Å²) in [5.41, 5.74) is -0.367. The summed E-state index contributed by atoms with van der Waals surface area (Å²) in [5, 5.41) is 9.02. The van der Waals surface area contributed by atoms with E-state index in [9.17, 15) is 9.18 Å². The van der Waals surface area contributed by atoms with E-state index in [2.05, 4.69) is 15.0 Å². The minimum atomic E-state index is -1.35. The summed E-state index contributed by atoms with van der Waals surface area (Å²) in [6, 6.07) is 2.64. The Labute approximate surface area is 118 Å². The van der Waals surface area contributed by atoms with Crippen molar-refractivity contribution in [2.45, 2.75) is 0 Å². The van der Waals surface area contributed by atoms with Gasteiger partial charge in [-0.3, -0.25) is 0 Å². The van der Waals surface area contributed by atoms with Crippen LogP contribution in [0.3, 0.4) is 0 Å². The number of aromatic nitrogens is 3. The predicted molar refractivity (Wildman–Crippen MR) is 66.4 cm³/mol. The van der Waals surface area contributed by atoms with Gasteiger partial charge in [0.1, 0.15) is 17.1 Å². The highest BCUT2D eigenvalue weighted by molar-refractivity contribution is 5.90. The lowest BCUT2D eigenvalue weighted by molar-refractivity contribution is 0.0693. The fourth-order valence-corrected chi connectivity index (χ4v) is 1.41. The summed E-state index contributed by atoms with van der Waals surface area (Å²) in [5.74, 6) is -2.18. The number of carboxylic acid groups (broad SMARTS) is 1. The van der Waals surface area contributed by atoms with Crippen LogP contribution in [0.1, 0.15) is 10.4 Å². The minimum Gasteiger partial charge on any atom is -0.478 e. The fraction of sp³-hybridized carbons (Fsp3) is 0.167. The van der Waals surface area contributed by atoms with Crippen molar-refractivity contribution in [1.29, 1.82) is 0 Å². The molecule has 1 N–H and O–H groups in total.